The molecule has 1 N–H and O–H groups in total. The predicted octanol–water partition coefficient (Wildman–Crippen LogP) is 6.60. The Bertz CT molecular complexity index is 779. The third kappa shape index (κ3) is 5.22. The van der Waals surface area contributed by atoms with E-state index in [0.29, 0.717) is 12.3 Å². The van der Waals surface area contributed by atoms with Gasteiger partial charge >= 0.3 is 0 Å². The summed E-state index contributed by atoms with van der Waals surface area (Å²) in [6, 6.07) is 6.44. The Morgan fingerprint density at radius 2 is 2.00 bits per heavy atom. The van der Waals surface area contributed by atoms with E-state index in [4.69, 9.17) is 4.74 Å². The lowest BCUT2D eigenvalue weighted by molar-refractivity contribution is -0.122. The molecule has 0 aromatic heterocycles. The van der Waals surface area contributed by atoms with Gasteiger partial charge in [0, 0.05) is 16.2 Å². The van der Waals surface area contributed by atoms with Gasteiger partial charge in [0.1, 0.15) is 5.75 Å². The van der Waals surface area contributed by atoms with E-state index < -0.39 is 0 Å². The predicted molar refractivity (Wildman–Crippen MR) is 120 cm³/mol. The Labute approximate surface area is 175 Å². The molecule has 0 saturated carbocycles. The van der Waals surface area contributed by atoms with Crippen LogP contribution in [0.25, 0.3) is 0 Å². The summed E-state index contributed by atoms with van der Waals surface area (Å²) in [4.78, 5) is 14.8. The minimum Gasteiger partial charge on any atom is -0.496 e. The van der Waals surface area contributed by atoms with Crippen LogP contribution in [0.2, 0.25) is 0 Å². The van der Waals surface area contributed by atoms with Crippen LogP contribution in [-0.4, -0.2) is 18.6 Å². The van der Waals surface area contributed by atoms with Crippen LogP contribution in [-0.2, 0) is 4.79 Å². The summed E-state index contributed by atoms with van der Waals surface area (Å²) >= 11 is 1.81. The molecule has 154 valence electrons. The number of allylic oxidation sites excluding steroid dienone is 1. The Morgan fingerprint density at radius 3 is 2.54 bits per heavy atom. The first-order valence-corrected chi connectivity index (χ1v) is 11.1. The lowest BCUT2D eigenvalue weighted by atomic mass is 9.82. The van der Waals surface area contributed by atoms with Crippen LogP contribution < -0.4 is 10.1 Å². The van der Waals surface area contributed by atoms with Gasteiger partial charge in [-0.05, 0) is 68.4 Å². The fourth-order valence-corrected chi connectivity index (χ4v) is 4.92. The molecule has 0 aliphatic heterocycles. The van der Waals surface area contributed by atoms with Crippen molar-refractivity contribution < 1.29 is 9.53 Å². The Kier molecular flexibility index (Phi) is 7.82. The average Bonchev–Trinajstić information content (AvgIpc) is 2.64. The molecule has 2 rings (SSSR count). The van der Waals surface area contributed by atoms with Crippen molar-refractivity contribution in [1.82, 2.24) is 5.32 Å². The van der Waals surface area contributed by atoms with Crippen LogP contribution in [0.3, 0.4) is 0 Å². The molecule has 4 heteroatoms. The van der Waals surface area contributed by atoms with Crippen molar-refractivity contribution in [1.29, 1.82) is 0 Å². The van der Waals surface area contributed by atoms with Crippen LogP contribution >= 0.6 is 11.8 Å². The SMILES string of the molecule is CCCC(=O)NC1(CC)C=C(C)C(Sc2ccc(OC)c(C(C)C)c2)=C(C)C1. The number of ether oxygens (including phenoxy) is 1. The highest BCUT2D eigenvalue weighted by Gasteiger charge is 2.32. The molecule has 28 heavy (non-hydrogen) atoms. The van der Waals surface area contributed by atoms with Crippen LogP contribution in [0.15, 0.2) is 45.2 Å². The van der Waals surface area contributed by atoms with Gasteiger partial charge in [0.25, 0.3) is 0 Å². The van der Waals surface area contributed by atoms with E-state index >= 15 is 0 Å². The van der Waals surface area contributed by atoms with Crippen molar-refractivity contribution in [3.8, 4) is 5.75 Å². The molecular weight excluding hydrogens is 366 g/mol. The van der Waals surface area contributed by atoms with Gasteiger partial charge in [-0.2, -0.15) is 0 Å². The van der Waals surface area contributed by atoms with Gasteiger partial charge in [0.05, 0.1) is 12.6 Å². The summed E-state index contributed by atoms with van der Waals surface area (Å²) in [5.41, 5.74) is 3.56. The first-order chi connectivity index (χ1) is 13.2. The largest absolute Gasteiger partial charge is 0.496 e. The van der Waals surface area contributed by atoms with Crippen LogP contribution in [0.5, 0.6) is 5.75 Å². The normalized spacial score (nSPS) is 19.6. The molecule has 0 bridgehead atoms. The zero-order chi connectivity index (χ0) is 20.9. The Morgan fingerprint density at radius 1 is 1.29 bits per heavy atom. The van der Waals surface area contributed by atoms with Gasteiger partial charge in [-0.1, -0.05) is 51.1 Å². The number of hydrogen-bond acceptors (Lipinski definition) is 3. The number of hydrogen-bond donors (Lipinski definition) is 1. The minimum absolute atomic E-state index is 0.147. The molecule has 3 nitrogen and oxygen atoms in total. The molecule has 0 heterocycles. The summed E-state index contributed by atoms with van der Waals surface area (Å²) in [5.74, 6) is 1.51. The lowest BCUT2D eigenvalue weighted by Gasteiger charge is -2.36. The van der Waals surface area contributed by atoms with Crippen molar-refractivity contribution in [3.05, 3.63) is 45.9 Å². The molecule has 0 spiro atoms. The number of nitrogens with one attached hydrogen (secondary N) is 1. The second-order valence-electron chi connectivity index (χ2n) is 8.08. The third-order valence-corrected chi connectivity index (χ3v) is 6.72. The van der Waals surface area contributed by atoms with E-state index in [1.165, 1.54) is 26.5 Å². The van der Waals surface area contributed by atoms with Crippen LogP contribution in [0.1, 0.15) is 78.7 Å². The van der Waals surface area contributed by atoms with Crippen molar-refractivity contribution in [2.45, 2.75) is 83.6 Å². The smallest absolute Gasteiger partial charge is 0.220 e. The van der Waals surface area contributed by atoms with Gasteiger partial charge < -0.3 is 10.1 Å². The maximum absolute atomic E-state index is 12.2. The number of rotatable bonds is 8. The number of carbonyl (C=O) groups is 1. The maximum atomic E-state index is 12.2. The first-order valence-electron chi connectivity index (χ1n) is 10.3. The quantitative estimate of drug-likeness (QED) is 0.533. The molecule has 1 aliphatic rings. The lowest BCUT2D eigenvalue weighted by Crippen LogP contribution is -2.48. The molecule has 1 unspecified atom stereocenters. The molecule has 1 aromatic rings. The topological polar surface area (TPSA) is 38.3 Å². The highest BCUT2D eigenvalue weighted by molar-refractivity contribution is 8.03. The summed E-state index contributed by atoms with van der Waals surface area (Å²) < 4.78 is 5.52. The minimum atomic E-state index is -0.256. The molecule has 1 aliphatic carbocycles. The number of benzene rings is 1. The van der Waals surface area contributed by atoms with Crippen molar-refractivity contribution >= 4 is 17.7 Å². The standard InChI is InChI=1S/C24H35NO2S/c1-8-10-22(26)25-24(9-2)14-17(5)23(18(6)15-24)28-19-11-12-21(27-7)20(13-19)16(3)4/h11-14,16H,8-10,15H2,1-7H3,(H,25,26). The molecule has 0 saturated heterocycles. The van der Waals surface area contributed by atoms with E-state index in [9.17, 15) is 4.79 Å². The van der Waals surface area contributed by atoms with E-state index in [2.05, 4.69) is 64.2 Å². The van der Waals surface area contributed by atoms with Crippen LogP contribution in [0, 0.1) is 0 Å². The van der Waals surface area contributed by atoms with Gasteiger partial charge in [-0.3, -0.25) is 4.79 Å². The highest BCUT2D eigenvalue weighted by Crippen LogP contribution is 2.43. The second-order valence-corrected chi connectivity index (χ2v) is 9.17. The molecule has 1 aromatic carbocycles. The van der Waals surface area contributed by atoms with Gasteiger partial charge in [0.15, 0.2) is 0 Å². The highest BCUT2D eigenvalue weighted by atomic mass is 32.2. The van der Waals surface area contributed by atoms with Crippen molar-refractivity contribution in [3.63, 3.8) is 0 Å². The molecular formula is C24H35NO2S. The van der Waals surface area contributed by atoms with Crippen molar-refractivity contribution in [2.75, 3.05) is 7.11 Å². The van der Waals surface area contributed by atoms with E-state index in [0.717, 1.165) is 25.0 Å². The fourth-order valence-electron chi connectivity index (χ4n) is 3.90. The third-order valence-electron chi connectivity index (χ3n) is 5.36. The Balaban J connectivity index is 2.27. The van der Waals surface area contributed by atoms with E-state index in [1.54, 1.807) is 7.11 Å². The number of methoxy groups -OCH3 is 1. The molecule has 0 fully saturated rings. The summed E-state index contributed by atoms with van der Waals surface area (Å²) in [6.45, 7) is 12.9. The maximum Gasteiger partial charge on any atom is 0.220 e. The summed E-state index contributed by atoms with van der Waals surface area (Å²) in [6.07, 6.45) is 5.49. The molecule has 1 amide bonds. The molecule has 1 atom stereocenters. The van der Waals surface area contributed by atoms with Gasteiger partial charge in [-0.15, -0.1) is 0 Å². The van der Waals surface area contributed by atoms with Crippen LogP contribution in [0.4, 0.5) is 0 Å². The van der Waals surface area contributed by atoms with E-state index in [1.807, 2.05) is 18.7 Å². The second kappa shape index (κ2) is 9.69. The number of thioether (sulfide) groups is 1. The Hall–Kier alpha value is -1.68. The monoisotopic (exact) mass is 401 g/mol. The first kappa shape index (κ1) is 22.6. The zero-order valence-corrected chi connectivity index (χ0v) is 19.3. The fraction of sp³-hybridized carbons (Fsp3) is 0.542. The van der Waals surface area contributed by atoms with E-state index in [-0.39, 0.29) is 11.4 Å². The summed E-state index contributed by atoms with van der Waals surface area (Å²) in [7, 11) is 1.73. The molecule has 0 radical (unpaired) electrons. The van der Waals surface area contributed by atoms with Gasteiger partial charge in [0.2, 0.25) is 5.91 Å². The average molecular weight is 402 g/mol. The number of carbonyl (C=O) groups excluding carboxylic acids is 1. The van der Waals surface area contributed by atoms with Crippen molar-refractivity contribution in [2.24, 2.45) is 0 Å². The van der Waals surface area contributed by atoms with Gasteiger partial charge in [-0.25, -0.2) is 0 Å². The zero-order valence-electron chi connectivity index (χ0n) is 18.4. The summed E-state index contributed by atoms with van der Waals surface area (Å²) in [5, 5.41) is 3.29. The number of amides is 1.